The topological polar surface area (TPSA) is 41.6 Å². The molecule has 4 heteroatoms. The standard InChI is InChI=1S/C15H28N2O2/c1-3-12-9-14(11-17(10-12)15(18)19-2)16-13-7-5-4-6-8-13/h12-14,16H,3-11H2,1-2H3. The fourth-order valence-electron chi connectivity index (χ4n) is 3.50. The van der Waals surface area contributed by atoms with Crippen LogP contribution >= 0.6 is 0 Å². The SMILES string of the molecule is CCC1CC(NC2CCCCC2)CN(C(=O)OC)C1. The fraction of sp³-hybridized carbons (Fsp3) is 0.933. The van der Waals surface area contributed by atoms with Crippen LogP contribution in [-0.4, -0.2) is 43.3 Å². The molecular weight excluding hydrogens is 240 g/mol. The molecule has 0 aromatic carbocycles. The van der Waals surface area contributed by atoms with Crippen LogP contribution in [0.25, 0.3) is 0 Å². The predicted octanol–water partition coefficient (Wildman–Crippen LogP) is 2.78. The Hall–Kier alpha value is -0.770. The molecule has 1 aliphatic heterocycles. The van der Waals surface area contributed by atoms with E-state index < -0.39 is 0 Å². The number of hydrogen-bond acceptors (Lipinski definition) is 3. The number of carbonyl (C=O) groups excluding carboxylic acids is 1. The molecule has 2 aliphatic rings. The monoisotopic (exact) mass is 268 g/mol. The molecule has 110 valence electrons. The van der Waals surface area contributed by atoms with E-state index in [1.807, 2.05) is 4.90 Å². The number of nitrogens with one attached hydrogen (secondary N) is 1. The van der Waals surface area contributed by atoms with Gasteiger partial charge in [0, 0.05) is 25.2 Å². The highest BCUT2D eigenvalue weighted by Crippen LogP contribution is 2.23. The van der Waals surface area contributed by atoms with Crippen molar-refractivity contribution in [3.05, 3.63) is 0 Å². The van der Waals surface area contributed by atoms with Gasteiger partial charge in [0.15, 0.2) is 0 Å². The molecule has 0 aromatic rings. The molecule has 1 saturated heterocycles. The summed E-state index contributed by atoms with van der Waals surface area (Å²) in [6, 6.07) is 1.11. The highest BCUT2D eigenvalue weighted by molar-refractivity contribution is 5.67. The first-order valence-corrected chi connectivity index (χ1v) is 7.81. The molecule has 0 bridgehead atoms. The van der Waals surface area contributed by atoms with Gasteiger partial charge in [-0.2, -0.15) is 0 Å². The molecule has 1 N–H and O–H groups in total. The molecule has 0 aromatic heterocycles. The smallest absolute Gasteiger partial charge is 0.409 e. The van der Waals surface area contributed by atoms with Gasteiger partial charge in [-0.25, -0.2) is 4.79 Å². The van der Waals surface area contributed by atoms with E-state index in [0.29, 0.717) is 18.0 Å². The third-order valence-corrected chi connectivity index (χ3v) is 4.62. The van der Waals surface area contributed by atoms with Crippen molar-refractivity contribution in [3.63, 3.8) is 0 Å². The Morgan fingerprint density at radius 1 is 1.21 bits per heavy atom. The first-order chi connectivity index (χ1) is 9.22. The minimum atomic E-state index is -0.173. The molecule has 2 rings (SSSR count). The van der Waals surface area contributed by atoms with Crippen LogP contribution in [0.3, 0.4) is 0 Å². The zero-order valence-corrected chi connectivity index (χ0v) is 12.4. The maximum Gasteiger partial charge on any atom is 0.409 e. The van der Waals surface area contributed by atoms with Crippen molar-refractivity contribution in [1.82, 2.24) is 10.2 Å². The second-order valence-corrected chi connectivity index (χ2v) is 6.08. The number of carbonyl (C=O) groups is 1. The van der Waals surface area contributed by atoms with Gasteiger partial charge >= 0.3 is 6.09 Å². The lowest BCUT2D eigenvalue weighted by Gasteiger charge is -2.39. The summed E-state index contributed by atoms with van der Waals surface area (Å²) in [4.78, 5) is 13.6. The van der Waals surface area contributed by atoms with Gasteiger partial charge in [0.25, 0.3) is 0 Å². The number of methoxy groups -OCH3 is 1. The lowest BCUT2D eigenvalue weighted by Crippen LogP contribution is -2.53. The number of hydrogen-bond donors (Lipinski definition) is 1. The van der Waals surface area contributed by atoms with Crippen molar-refractivity contribution in [2.75, 3.05) is 20.2 Å². The highest BCUT2D eigenvalue weighted by Gasteiger charge is 2.30. The summed E-state index contributed by atoms with van der Waals surface area (Å²) in [5, 5.41) is 3.78. The lowest BCUT2D eigenvalue weighted by atomic mass is 9.89. The van der Waals surface area contributed by atoms with Crippen LogP contribution in [0.2, 0.25) is 0 Å². The zero-order chi connectivity index (χ0) is 13.7. The predicted molar refractivity (Wildman–Crippen MR) is 76.2 cm³/mol. The van der Waals surface area contributed by atoms with Crippen LogP contribution in [0.4, 0.5) is 4.79 Å². The number of ether oxygens (including phenoxy) is 1. The van der Waals surface area contributed by atoms with Gasteiger partial charge in [-0.1, -0.05) is 32.6 Å². The van der Waals surface area contributed by atoms with Crippen molar-refractivity contribution < 1.29 is 9.53 Å². The van der Waals surface area contributed by atoms with Gasteiger partial charge in [0.2, 0.25) is 0 Å². The minimum absolute atomic E-state index is 0.173. The lowest BCUT2D eigenvalue weighted by molar-refractivity contribution is 0.0867. The maximum atomic E-state index is 11.7. The number of piperidine rings is 1. The Kier molecular flexibility index (Phi) is 5.49. The summed E-state index contributed by atoms with van der Waals surface area (Å²) in [6.07, 6.45) is 8.83. The van der Waals surface area contributed by atoms with Crippen molar-refractivity contribution >= 4 is 6.09 Å². The molecule has 2 fully saturated rings. The van der Waals surface area contributed by atoms with Crippen molar-refractivity contribution in [1.29, 1.82) is 0 Å². The number of amides is 1. The van der Waals surface area contributed by atoms with Crippen LogP contribution < -0.4 is 5.32 Å². The Labute approximate surface area is 116 Å². The molecule has 1 amide bonds. The number of rotatable bonds is 3. The van der Waals surface area contributed by atoms with E-state index >= 15 is 0 Å². The second-order valence-electron chi connectivity index (χ2n) is 6.08. The van der Waals surface area contributed by atoms with Crippen molar-refractivity contribution in [2.24, 2.45) is 5.92 Å². The number of nitrogens with zero attached hydrogens (tertiary/aromatic N) is 1. The van der Waals surface area contributed by atoms with E-state index in [4.69, 9.17) is 4.74 Å². The number of likely N-dealkylation sites (tertiary alicyclic amines) is 1. The summed E-state index contributed by atoms with van der Waals surface area (Å²) >= 11 is 0. The molecule has 2 unspecified atom stereocenters. The Balaban J connectivity index is 1.89. The zero-order valence-electron chi connectivity index (χ0n) is 12.4. The molecule has 19 heavy (non-hydrogen) atoms. The van der Waals surface area contributed by atoms with E-state index in [1.54, 1.807) is 0 Å². The van der Waals surface area contributed by atoms with Crippen LogP contribution in [0.1, 0.15) is 51.9 Å². The summed E-state index contributed by atoms with van der Waals surface area (Å²) in [6.45, 7) is 3.87. The van der Waals surface area contributed by atoms with Crippen LogP contribution in [-0.2, 0) is 4.74 Å². The summed E-state index contributed by atoms with van der Waals surface area (Å²) in [5.41, 5.74) is 0. The third-order valence-electron chi connectivity index (χ3n) is 4.62. The van der Waals surface area contributed by atoms with E-state index in [2.05, 4.69) is 12.2 Å². The Bertz CT molecular complexity index is 290. The summed E-state index contributed by atoms with van der Waals surface area (Å²) in [7, 11) is 1.47. The average Bonchev–Trinajstić information content (AvgIpc) is 2.47. The quantitative estimate of drug-likeness (QED) is 0.855. The highest BCUT2D eigenvalue weighted by atomic mass is 16.5. The Morgan fingerprint density at radius 2 is 1.95 bits per heavy atom. The van der Waals surface area contributed by atoms with Gasteiger partial charge < -0.3 is 15.0 Å². The minimum Gasteiger partial charge on any atom is -0.453 e. The van der Waals surface area contributed by atoms with E-state index in [0.717, 1.165) is 19.5 Å². The molecule has 1 saturated carbocycles. The molecule has 1 aliphatic carbocycles. The normalized spacial score (nSPS) is 29.3. The third kappa shape index (κ3) is 4.10. The van der Waals surface area contributed by atoms with Crippen molar-refractivity contribution in [2.45, 2.75) is 64.0 Å². The molecule has 0 radical (unpaired) electrons. The van der Waals surface area contributed by atoms with Gasteiger partial charge in [-0.05, 0) is 25.2 Å². The van der Waals surface area contributed by atoms with Gasteiger partial charge in [0.05, 0.1) is 7.11 Å². The summed E-state index contributed by atoms with van der Waals surface area (Å²) < 4.78 is 4.88. The molecular formula is C15H28N2O2. The fourth-order valence-corrected chi connectivity index (χ4v) is 3.50. The Morgan fingerprint density at radius 3 is 2.58 bits per heavy atom. The van der Waals surface area contributed by atoms with Crippen LogP contribution in [0.5, 0.6) is 0 Å². The van der Waals surface area contributed by atoms with E-state index in [-0.39, 0.29) is 6.09 Å². The summed E-state index contributed by atoms with van der Waals surface area (Å²) in [5.74, 6) is 0.606. The second kappa shape index (κ2) is 7.13. The van der Waals surface area contributed by atoms with Gasteiger partial charge in [0.1, 0.15) is 0 Å². The maximum absolute atomic E-state index is 11.7. The van der Waals surface area contributed by atoms with Crippen LogP contribution in [0.15, 0.2) is 0 Å². The largest absolute Gasteiger partial charge is 0.453 e. The van der Waals surface area contributed by atoms with Crippen LogP contribution in [0, 0.1) is 5.92 Å². The average molecular weight is 268 g/mol. The molecule has 2 atom stereocenters. The van der Waals surface area contributed by atoms with Crippen molar-refractivity contribution in [3.8, 4) is 0 Å². The molecule has 0 spiro atoms. The first-order valence-electron chi connectivity index (χ1n) is 7.81. The molecule has 1 heterocycles. The van der Waals surface area contributed by atoms with E-state index in [1.165, 1.54) is 45.6 Å². The first kappa shape index (κ1) is 14.6. The van der Waals surface area contributed by atoms with E-state index in [9.17, 15) is 4.79 Å². The van der Waals surface area contributed by atoms with Gasteiger partial charge in [-0.15, -0.1) is 0 Å². The molecule has 4 nitrogen and oxygen atoms in total. The van der Waals surface area contributed by atoms with Gasteiger partial charge in [-0.3, -0.25) is 0 Å².